The molecule has 2 aromatic carbocycles. The molecule has 2 aromatic rings. The van der Waals surface area contributed by atoms with Gasteiger partial charge in [-0.15, -0.1) is 0 Å². The van der Waals surface area contributed by atoms with Crippen molar-refractivity contribution in [2.24, 2.45) is 0 Å². The standard InChI is InChI=1S/C24H22N2O6/c1-31-15-6-7-20-18(12-15)19(27)13-24(32-20)9-11-25(14-24)21(28)8-10-26-22(29)16-4-2-3-5-17(16)23(26)30/h2-7,12H,8-11,13-14H2,1H3. The van der Waals surface area contributed by atoms with Crippen molar-refractivity contribution >= 4 is 23.5 Å². The number of ether oxygens (including phenoxy) is 2. The number of likely N-dealkylation sites (tertiary alicyclic amines) is 1. The van der Waals surface area contributed by atoms with Crippen LogP contribution in [0.1, 0.15) is 50.3 Å². The number of nitrogens with zero attached hydrogens (tertiary/aromatic N) is 2. The summed E-state index contributed by atoms with van der Waals surface area (Å²) in [5.74, 6) is 0.143. The van der Waals surface area contributed by atoms with Gasteiger partial charge in [-0.1, -0.05) is 12.1 Å². The maximum atomic E-state index is 12.8. The zero-order valence-corrected chi connectivity index (χ0v) is 17.6. The van der Waals surface area contributed by atoms with Crippen LogP contribution in [0.4, 0.5) is 0 Å². The Morgan fingerprint density at radius 2 is 1.78 bits per heavy atom. The number of benzene rings is 2. The minimum Gasteiger partial charge on any atom is -0.497 e. The highest BCUT2D eigenvalue weighted by Gasteiger charge is 2.47. The van der Waals surface area contributed by atoms with E-state index in [-0.39, 0.29) is 42.9 Å². The van der Waals surface area contributed by atoms with Gasteiger partial charge < -0.3 is 14.4 Å². The normalized spacial score (nSPS) is 21.6. The van der Waals surface area contributed by atoms with Crippen molar-refractivity contribution in [1.29, 1.82) is 0 Å². The van der Waals surface area contributed by atoms with E-state index in [0.717, 1.165) is 4.90 Å². The number of ketones is 1. The fourth-order valence-electron chi connectivity index (χ4n) is 4.69. The molecule has 3 amide bonds. The third-order valence-electron chi connectivity index (χ3n) is 6.39. The fourth-order valence-corrected chi connectivity index (χ4v) is 4.69. The summed E-state index contributed by atoms with van der Waals surface area (Å²) in [6, 6.07) is 11.8. The lowest BCUT2D eigenvalue weighted by Gasteiger charge is -2.34. The minimum absolute atomic E-state index is 0.0249. The van der Waals surface area contributed by atoms with E-state index >= 15 is 0 Å². The third kappa shape index (κ3) is 3.23. The Morgan fingerprint density at radius 1 is 1.06 bits per heavy atom. The Labute approximate surface area is 184 Å². The van der Waals surface area contributed by atoms with E-state index in [1.807, 2.05) is 0 Å². The third-order valence-corrected chi connectivity index (χ3v) is 6.39. The van der Waals surface area contributed by atoms with Crippen LogP contribution in [-0.4, -0.2) is 65.6 Å². The van der Waals surface area contributed by atoms with Gasteiger partial charge in [0.05, 0.1) is 36.8 Å². The molecule has 0 aromatic heterocycles. The first kappa shape index (κ1) is 20.2. The maximum absolute atomic E-state index is 12.8. The van der Waals surface area contributed by atoms with Gasteiger partial charge in [-0.2, -0.15) is 0 Å². The molecule has 3 aliphatic rings. The molecule has 0 radical (unpaired) electrons. The molecule has 3 aliphatic heterocycles. The molecule has 1 unspecified atom stereocenters. The van der Waals surface area contributed by atoms with Gasteiger partial charge >= 0.3 is 0 Å². The summed E-state index contributed by atoms with van der Waals surface area (Å²) in [6.45, 7) is 0.780. The first-order chi connectivity index (χ1) is 15.4. The Kier molecular flexibility index (Phi) is 4.73. The van der Waals surface area contributed by atoms with Crippen LogP contribution in [0.25, 0.3) is 0 Å². The van der Waals surface area contributed by atoms with Gasteiger partial charge in [-0.05, 0) is 30.3 Å². The molecule has 8 heteroatoms. The van der Waals surface area contributed by atoms with Crippen LogP contribution in [0, 0.1) is 0 Å². The smallest absolute Gasteiger partial charge is 0.261 e. The Morgan fingerprint density at radius 3 is 2.47 bits per heavy atom. The lowest BCUT2D eigenvalue weighted by atomic mass is 9.89. The monoisotopic (exact) mass is 434 g/mol. The molecular weight excluding hydrogens is 412 g/mol. The van der Waals surface area contributed by atoms with Gasteiger partial charge in [0.15, 0.2) is 5.78 Å². The van der Waals surface area contributed by atoms with Crippen molar-refractivity contribution in [1.82, 2.24) is 9.80 Å². The summed E-state index contributed by atoms with van der Waals surface area (Å²) >= 11 is 0. The van der Waals surface area contributed by atoms with Crippen LogP contribution in [-0.2, 0) is 4.79 Å². The molecule has 1 fully saturated rings. The average molecular weight is 434 g/mol. The molecule has 8 nitrogen and oxygen atoms in total. The van der Waals surface area contributed by atoms with Crippen molar-refractivity contribution < 1.29 is 28.7 Å². The van der Waals surface area contributed by atoms with Crippen molar-refractivity contribution in [3.05, 3.63) is 59.2 Å². The number of imide groups is 1. The molecule has 32 heavy (non-hydrogen) atoms. The van der Waals surface area contributed by atoms with E-state index in [2.05, 4.69) is 0 Å². The SMILES string of the molecule is COc1ccc2c(c1)C(=O)CC1(CCN(C(=O)CCN3C(=O)c4ccccc4C3=O)C1)O2. The fraction of sp³-hybridized carbons (Fsp3) is 0.333. The van der Waals surface area contributed by atoms with E-state index < -0.39 is 5.60 Å². The van der Waals surface area contributed by atoms with Crippen LogP contribution in [0.5, 0.6) is 11.5 Å². The zero-order valence-electron chi connectivity index (χ0n) is 17.6. The second-order valence-corrected chi connectivity index (χ2v) is 8.37. The van der Waals surface area contributed by atoms with Crippen molar-refractivity contribution in [2.45, 2.75) is 24.9 Å². The van der Waals surface area contributed by atoms with E-state index in [4.69, 9.17) is 9.47 Å². The van der Waals surface area contributed by atoms with Crippen molar-refractivity contribution in [3.8, 4) is 11.5 Å². The molecule has 164 valence electrons. The Hall–Kier alpha value is -3.68. The summed E-state index contributed by atoms with van der Waals surface area (Å²) in [5, 5.41) is 0. The highest BCUT2D eigenvalue weighted by Crippen LogP contribution is 2.40. The summed E-state index contributed by atoms with van der Waals surface area (Å²) in [7, 11) is 1.54. The summed E-state index contributed by atoms with van der Waals surface area (Å²) in [5.41, 5.74) is 0.485. The first-order valence-corrected chi connectivity index (χ1v) is 10.5. The molecule has 0 N–H and O–H groups in total. The second-order valence-electron chi connectivity index (χ2n) is 8.37. The Balaban J connectivity index is 1.23. The van der Waals surface area contributed by atoms with Crippen LogP contribution in [0.15, 0.2) is 42.5 Å². The molecule has 1 spiro atoms. The molecule has 1 saturated heterocycles. The van der Waals surface area contributed by atoms with Crippen LogP contribution in [0.3, 0.4) is 0 Å². The van der Waals surface area contributed by atoms with Gasteiger partial charge in [0.2, 0.25) is 5.91 Å². The second kappa shape index (κ2) is 7.47. The van der Waals surface area contributed by atoms with Crippen LogP contribution < -0.4 is 9.47 Å². The zero-order chi connectivity index (χ0) is 22.5. The van der Waals surface area contributed by atoms with Gasteiger partial charge in [0.1, 0.15) is 17.1 Å². The molecule has 3 heterocycles. The topological polar surface area (TPSA) is 93.2 Å². The van der Waals surface area contributed by atoms with E-state index in [9.17, 15) is 19.2 Å². The highest BCUT2D eigenvalue weighted by molar-refractivity contribution is 6.21. The van der Waals surface area contributed by atoms with Crippen LogP contribution >= 0.6 is 0 Å². The van der Waals surface area contributed by atoms with Crippen LogP contribution in [0.2, 0.25) is 0 Å². The number of hydrogen-bond donors (Lipinski definition) is 0. The predicted molar refractivity (Wildman–Crippen MR) is 113 cm³/mol. The molecule has 0 saturated carbocycles. The number of carbonyl (C=O) groups excluding carboxylic acids is 4. The predicted octanol–water partition coefficient (Wildman–Crippen LogP) is 2.32. The van der Waals surface area contributed by atoms with Gasteiger partial charge in [-0.25, -0.2) is 0 Å². The number of methoxy groups -OCH3 is 1. The first-order valence-electron chi connectivity index (χ1n) is 10.5. The number of rotatable bonds is 4. The van der Waals surface area contributed by atoms with Crippen molar-refractivity contribution in [2.75, 3.05) is 26.7 Å². The molecule has 0 bridgehead atoms. The lowest BCUT2D eigenvalue weighted by Crippen LogP contribution is -2.45. The molecule has 5 rings (SSSR count). The van der Waals surface area contributed by atoms with E-state index in [1.165, 1.54) is 0 Å². The van der Waals surface area contributed by atoms with E-state index in [0.29, 0.717) is 47.7 Å². The number of amides is 3. The number of fused-ring (bicyclic) bond motifs is 2. The molecule has 0 aliphatic carbocycles. The lowest BCUT2D eigenvalue weighted by molar-refractivity contribution is -0.131. The minimum atomic E-state index is -0.746. The average Bonchev–Trinajstić information content (AvgIpc) is 3.31. The maximum Gasteiger partial charge on any atom is 0.261 e. The number of carbonyl (C=O) groups is 4. The van der Waals surface area contributed by atoms with Gasteiger partial charge in [-0.3, -0.25) is 24.1 Å². The summed E-state index contributed by atoms with van der Waals surface area (Å²) in [4.78, 5) is 53.4. The van der Waals surface area contributed by atoms with Gasteiger partial charge in [0, 0.05) is 25.9 Å². The van der Waals surface area contributed by atoms with Gasteiger partial charge in [0.25, 0.3) is 11.8 Å². The quantitative estimate of drug-likeness (QED) is 0.686. The highest BCUT2D eigenvalue weighted by atomic mass is 16.5. The van der Waals surface area contributed by atoms with Crippen molar-refractivity contribution in [3.63, 3.8) is 0 Å². The number of Topliss-reactive ketones (excluding diaryl/α,β-unsaturated/α-hetero) is 1. The largest absolute Gasteiger partial charge is 0.497 e. The van der Waals surface area contributed by atoms with E-state index in [1.54, 1.807) is 54.5 Å². The molecular formula is C24H22N2O6. The Bertz CT molecular complexity index is 1120. The summed E-state index contributed by atoms with van der Waals surface area (Å²) < 4.78 is 11.4. The number of hydrogen-bond acceptors (Lipinski definition) is 6. The molecule has 1 atom stereocenters. The summed E-state index contributed by atoms with van der Waals surface area (Å²) in [6.07, 6.45) is 0.765.